The number of anilines is 1. The van der Waals surface area contributed by atoms with Crippen molar-refractivity contribution < 1.29 is 4.74 Å². The second kappa shape index (κ2) is 5.05. The average molecular weight is 259 g/mol. The molecule has 102 valence electrons. The minimum atomic E-state index is 0.0103. The molecule has 19 heavy (non-hydrogen) atoms. The summed E-state index contributed by atoms with van der Waals surface area (Å²) in [6, 6.07) is 10.3. The van der Waals surface area contributed by atoms with Gasteiger partial charge in [0.25, 0.3) is 0 Å². The van der Waals surface area contributed by atoms with Gasteiger partial charge in [-0.3, -0.25) is 4.68 Å². The molecular weight excluding hydrogens is 238 g/mol. The third kappa shape index (κ3) is 2.79. The summed E-state index contributed by atoms with van der Waals surface area (Å²) in [7, 11) is 3.57. The Labute approximate surface area is 114 Å². The summed E-state index contributed by atoms with van der Waals surface area (Å²) in [6.45, 7) is 5.04. The number of nitrogens with zero attached hydrogens (tertiary/aromatic N) is 2. The first-order valence-electron chi connectivity index (χ1n) is 6.33. The summed E-state index contributed by atoms with van der Waals surface area (Å²) in [5, 5.41) is 4.38. The summed E-state index contributed by atoms with van der Waals surface area (Å²) in [5.41, 5.74) is 9.04. The lowest BCUT2D eigenvalue weighted by atomic mass is 9.85. The molecule has 1 aromatic heterocycles. The molecule has 0 aliphatic rings. The molecule has 0 fully saturated rings. The quantitative estimate of drug-likeness (QED) is 0.918. The Morgan fingerprint density at radius 2 is 1.89 bits per heavy atom. The molecule has 0 unspecified atom stereocenters. The van der Waals surface area contributed by atoms with E-state index in [9.17, 15) is 0 Å². The van der Waals surface area contributed by atoms with Crippen LogP contribution < -0.4 is 5.73 Å². The molecular formula is C15H21N3O. The fourth-order valence-corrected chi connectivity index (χ4v) is 2.16. The molecule has 2 N–H and O–H groups in total. The molecule has 0 aliphatic carbocycles. The molecule has 2 aromatic rings. The molecule has 0 saturated heterocycles. The molecule has 4 nitrogen and oxygen atoms in total. The second-order valence-corrected chi connectivity index (χ2v) is 5.47. The van der Waals surface area contributed by atoms with Gasteiger partial charge in [0, 0.05) is 31.2 Å². The molecule has 0 aliphatic heterocycles. The fraction of sp³-hybridized carbons (Fsp3) is 0.400. The number of methoxy groups -OCH3 is 1. The molecule has 0 bridgehead atoms. The summed E-state index contributed by atoms with van der Waals surface area (Å²) in [5.74, 6) is 0.666. The minimum Gasteiger partial charge on any atom is -0.384 e. The zero-order valence-electron chi connectivity index (χ0n) is 12.0. The Balaban J connectivity index is 2.28. The number of rotatable bonds is 4. The maximum atomic E-state index is 5.80. The summed E-state index contributed by atoms with van der Waals surface area (Å²) >= 11 is 0. The highest BCUT2D eigenvalue weighted by Gasteiger charge is 2.20. The van der Waals surface area contributed by atoms with E-state index < -0.39 is 0 Å². The topological polar surface area (TPSA) is 53.1 Å². The largest absolute Gasteiger partial charge is 0.384 e. The molecule has 0 spiro atoms. The highest BCUT2D eigenvalue weighted by molar-refractivity contribution is 5.62. The van der Waals surface area contributed by atoms with Crippen molar-refractivity contribution in [3.63, 3.8) is 0 Å². The summed E-state index contributed by atoms with van der Waals surface area (Å²) in [6.07, 6.45) is 0. The van der Waals surface area contributed by atoms with Crippen molar-refractivity contribution >= 4 is 5.82 Å². The lowest BCUT2D eigenvalue weighted by Crippen LogP contribution is -2.23. The van der Waals surface area contributed by atoms with Crippen LogP contribution in [0.5, 0.6) is 0 Å². The first-order valence-corrected chi connectivity index (χ1v) is 6.33. The van der Waals surface area contributed by atoms with Crippen LogP contribution in [0.1, 0.15) is 19.4 Å². The molecule has 0 amide bonds. The van der Waals surface area contributed by atoms with Crippen LogP contribution in [0.2, 0.25) is 0 Å². The van der Waals surface area contributed by atoms with E-state index in [-0.39, 0.29) is 5.41 Å². The number of aromatic nitrogens is 2. The Hall–Kier alpha value is -1.81. The third-order valence-electron chi connectivity index (χ3n) is 3.38. The maximum absolute atomic E-state index is 5.80. The number of benzene rings is 1. The number of nitrogens with two attached hydrogens (primary N) is 1. The van der Waals surface area contributed by atoms with Crippen LogP contribution in [0.3, 0.4) is 0 Å². The maximum Gasteiger partial charge on any atom is 0.121 e. The Bertz CT molecular complexity index is 536. The van der Waals surface area contributed by atoms with Gasteiger partial charge in [0.05, 0.1) is 12.3 Å². The van der Waals surface area contributed by atoms with Gasteiger partial charge in [0.1, 0.15) is 5.82 Å². The van der Waals surface area contributed by atoms with Crippen molar-refractivity contribution in [2.75, 3.05) is 19.5 Å². The Kier molecular flexibility index (Phi) is 3.62. The van der Waals surface area contributed by atoms with E-state index >= 15 is 0 Å². The standard InChI is InChI=1S/C15H21N3O/c1-15(2,10-19-4)12-7-5-11(6-8-12)13-9-14(16)18(3)17-13/h5-9H,10,16H2,1-4H3. The summed E-state index contributed by atoms with van der Waals surface area (Å²) < 4.78 is 6.94. The van der Waals surface area contributed by atoms with Crippen LogP contribution in [0.4, 0.5) is 5.82 Å². The van der Waals surface area contributed by atoms with E-state index in [1.807, 2.05) is 13.1 Å². The number of aryl methyl sites for hydroxylation is 1. The van der Waals surface area contributed by atoms with Gasteiger partial charge >= 0.3 is 0 Å². The predicted octanol–water partition coefficient (Wildman–Crippen LogP) is 2.59. The average Bonchev–Trinajstić information content (AvgIpc) is 2.70. The molecule has 0 radical (unpaired) electrons. The van der Waals surface area contributed by atoms with Crippen LogP contribution in [-0.4, -0.2) is 23.5 Å². The van der Waals surface area contributed by atoms with Crippen LogP contribution in [-0.2, 0) is 17.2 Å². The zero-order chi connectivity index (χ0) is 14.0. The van der Waals surface area contributed by atoms with Gasteiger partial charge in [-0.2, -0.15) is 5.10 Å². The van der Waals surface area contributed by atoms with Gasteiger partial charge in [0.2, 0.25) is 0 Å². The van der Waals surface area contributed by atoms with Crippen molar-refractivity contribution in [1.82, 2.24) is 9.78 Å². The van der Waals surface area contributed by atoms with Gasteiger partial charge in [-0.05, 0) is 5.56 Å². The number of hydrogen-bond acceptors (Lipinski definition) is 3. The van der Waals surface area contributed by atoms with E-state index in [0.29, 0.717) is 12.4 Å². The van der Waals surface area contributed by atoms with Crippen molar-refractivity contribution in [1.29, 1.82) is 0 Å². The zero-order valence-corrected chi connectivity index (χ0v) is 12.0. The Morgan fingerprint density at radius 3 is 2.37 bits per heavy atom. The van der Waals surface area contributed by atoms with E-state index in [2.05, 4.69) is 43.2 Å². The van der Waals surface area contributed by atoms with Gasteiger partial charge in [-0.15, -0.1) is 0 Å². The highest BCUT2D eigenvalue weighted by Crippen LogP contribution is 2.27. The van der Waals surface area contributed by atoms with Crippen molar-refractivity contribution in [3.05, 3.63) is 35.9 Å². The molecule has 1 heterocycles. The molecule has 0 saturated carbocycles. The molecule has 2 rings (SSSR count). The van der Waals surface area contributed by atoms with Crippen LogP contribution in [0.25, 0.3) is 11.3 Å². The van der Waals surface area contributed by atoms with Crippen LogP contribution in [0, 0.1) is 0 Å². The lowest BCUT2D eigenvalue weighted by molar-refractivity contribution is 0.146. The molecule has 0 atom stereocenters. The van der Waals surface area contributed by atoms with Crippen molar-refractivity contribution in [2.45, 2.75) is 19.3 Å². The van der Waals surface area contributed by atoms with E-state index in [0.717, 1.165) is 11.3 Å². The van der Waals surface area contributed by atoms with Gasteiger partial charge in [-0.1, -0.05) is 38.1 Å². The molecule has 1 aromatic carbocycles. The van der Waals surface area contributed by atoms with Crippen LogP contribution >= 0.6 is 0 Å². The van der Waals surface area contributed by atoms with Crippen LogP contribution in [0.15, 0.2) is 30.3 Å². The monoisotopic (exact) mass is 259 g/mol. The third-order valence-corrected chi connectivity index (χ3v) is 3.38. The van der Waals surface area contributed by atoms with Crippen molar-refractivity contribution in [2.24, 2.45) is 7.05 Å². The van der Waals surface area contributed by atoms with Crippen molar-refractivity contribution in [3.8, 4) is 11.3 Å². The number of hydrogen-bond donors (Lipinski definition) is 1. The Morgan fingerprint density at radius 1 is 1.26 bits per heavy atom. The first kappa shape index (κ1) is 13.6. The first-order chi connectivity index (χ1) is 8.94. The smallest absolute Gasteiger partial charge is 0.121 e. The minimum absolute atomic E-state index is 0.0103. The highest BCUT2D eigenvalue weighted by atomic mass is 16.5. The SMILES string of the molecule is COCC(C)(C)c1ccc(-c2cc(N)n(C)n2)cc1. The molecule has 4 heteroatoms. The second-order valence-electron chi connectivity index (χ2n) is 5.47. The van der Waals surface area contributed by atoms with Gasteiger partial charge < -0.3 is 10.5 Å². The number of nitrogen functional groups attached to an aromatic ring is 1. The van der Waals surface area contributed by atoms with E-state index in [4.69, 9.17) is 10.5 Å². The van der Waals surface area contributed by atoms with E-state index in [1.54, 1.807) is 11.8 Å². The normalized spacial score (nSPS) is 11.8. The summed E-state index contributed by atoms with van der Waals surface area (Å²) in [4.78, 5) is 0. The van der Waals surface area contributed by atoms with Gasteiger partial charge in [0.15, 0.2) is 0 Å². The lowest BCUT2D eigenvalue weighted by Gasteiger charge is -2.24. The van der Waals surface area contributed by atoms with E-state index in [1.165, 1.54) is 5.56 Å². The number of ether oxygens (including phenoxy) is 1. The van der Waals surface area contributed by atoms with Gasteiger partial charge in [-0.25, -0.2) is 0 Å². The fourth-order valence-electron chi connectivity index (χ4n) is 2.16. The predicted molar refractivity (Wildman–Crippen MR) is 78.0 cm³/mol.